The maximum absolute atomic E-state index is 12.4. The van der Waals surface area contributed by atoms with Crippen LogP contribution in [0.5, 0.6) is 17.2 Å². The molecule has 0 unspecified atom stereocenters. The molecule has 0 aliphatic carbocycles. The minimum atomic E-state index is -3.65. The van der Waals surface area contributed by atoms with Crippen molar-refractivity contribution in [3.05, 3.63) is 41.4 Å². The second kappa shape index (κ2) is 7.43. The largest absolute Gasteiger partial charge is 0.495 e. The summed E-state index contributed by atoms with van der Waals surface area (Å²) in [6.45, 7) is 0.134. The van der Waals surface area contributed by atoms with Crippen LogP contribution in [-0.2, 0) is 14.6 Å². The zero-order valence-electron chi connectivity index (χ0n) is 13.8. The number of amides is 1. The zero-order chi connectivity index (χ0) is 18.7. The first-order valence-corrected chi connectivity index (χ1v) is 9.68. The molecule has 1 aliphatic rings. The molecule has 0 saturated heterocycles. The van der Waals surface area contributed by atoms with Gasteiger partial charge in [-0.25, -0.2) is 8.42 Å². The van der Waals surface area contributed by atoms with Crippen molar-refractivity contribution in [1.29, 1.82) is 0 Å². The molecule has 0 radical (unpaired) electrons. The van der Waals surface area contributed by atoms with E-state index in [0.717, 1.165) is 0 Å². The number of hydrogen-bond donors (Lipinski definition) is 1. The average Bonchev–Trinajstić information content (AvgIpc) is 3.08. The highest BCUT2D eigenvalue weighted by atomic mass is 35.5. The zero-order valence-corrected chi connectivity index (χ0v) is 15.4. The quantitative estimate of drug-likeness (QED) is 0.805. The number of sulfone groups is 1. The fourth-order valence-corrected chi connectivity index (χ4v) is 3.97. The van der Waals surface area contributed by atoms with Gasteiger partial charge in [-0.05, 0) is 30.3 Å². The van der Waals surface area contributed by atoms with Gasteiger partial charge >= 0.3 is 0 Å². The van der Waals surface area contributed by atoms with E-state index in [0.29, 0.717) is 22.9 Å². The lowest BCUT2D eigenvalue weighted by Crippen LogP contribution is -2.17. The molecule has 0 aromatic heterocycles. The molecular formula is C17H16ClNO6S. The van der Waals surface area contributed by atoms with E-state index < -0.39 is 15.7 Å². The first-order chi connectivity index (χ1) is 12.4. The van der Waals surface area contributed by atoms with Crippen molar-refractivity contribution < 1.29 is 27.4 Å². The van der Waals surface area contributed by atoms with Crippen LogP contribution in [-0.4, -0.2) is 34.0 Å². The third kappa shape index (κ3) is 4.03. The molecule has 3 rings (SSSR count). The first kappa shape index (κ1) is 18.3. The maximum atomic E-state index is 12.4. The summed E-state index contributed by atoms with van der Waals surface area (Å²) in [6, 6.07) is 9.14. The van der Waals surface area contributed by atoms with Gasteiger partial charge in [-0.3, -0.25) is 4.79 Å². The van der Waals surface area contributed by atoms with E-state index in [1.807, 2.05) is 0 Å². The van der Waals surface area contributed by atoms with E-state index in [9.17, 15) is 13.2 Å². The molecular weight excluding hydrogens is 382 g/mol. The molecule has 2 aromatic carbocycles. The predicted octanol–water partition coefficient (Wildman–Crippen LogP) is 2.88. The van der Waals surface area contributed by atoms with Crippen molar-refractivity contribution in [1.82, 2.24) is 0 Å². The van der Waals surface area contributed by atoms with E-state index in [1.165, 1.54) is 25.3 Å². The molecule has 0 saturated carbocycles. The molecule has 2 aromatic rings. The Bertz CT molecular complexity index is 944. The topological polar surface area (TPSA) is 90.9 Å². The Hall–Kier alpha value is -2.45. The molecule has 138 valence electrons. The van der Waals surface area contributed by atoms with Gasteiger partial charge in [0.1, 0.15) is 5.75 Å². The van der Waals surface area contributed by atoms with E-state index in [4.69, 9.17) is 25.8 Å². The number of carbonyl (C=O) groups excluding carboxylic acids is 1. The molecule has 0 atom stereocenters. The smallest absolute Gasteiger partial charge is 0.231 e. The second-order valence-electron chi connectivity index (χ2n) is 5.48. The van der Waals surface area contributed by atoms with Gasteiger partial charge in [0.05, 0.1) is 22.8 Å². The van der Waals surface area contributed by atoms with E-state index in [2.05, 4.69) is 5.32 Å². The van der Waals surface area contributed by atoms with Gasteiger partial charge in [0.25, 0.3) is 0 Å². The maximum Gasteiger partial charge on any atom is 0.231 e. The van der Waals surface area contributed by atoms with Crippen LogP contribution < -0.4 is 19.5 Å². The Labute approximate surface area is 155 Å². The van der Waals surface area contributed by atoms with Crippen LogP contribution in [0.1, 0.15) is 6.42 Å². The summed E-state index contributed by atoms with van der Waals surface area (Å²) in [6.07, 6.45) is -0.194. The summed E-state index contributed by atoms with van der Waals surface area (Å²) in [5.41, 5.74) is 0.504. The number of nitrogens with one attached hydrogen (secondary N) is 1. The highest BCUT2D eigenvalue weighted by Gasteiger charge is 2.19. The Morgan fingerprint density at radius 2 is 1.96 bits per heavy atom. The van der Waals surface area contributed by atoms with Crippen molar-refractivity contribution in [2.75, 3.05) is 25.0 Å². The summed E-state index contributed by atoms with van der Waals surface area (Å²) in [5, 5.41) is 2.83. The van der Waals surface area contributed by atoms with E-state index in [1.54, 1.807) is 18.2 Å². The van der Waals surface area contributed by atoms with Crippen LogP contribution in [0.4, 0.5) is 5.69 Å². The normalized spacial score (nSPS) is 12.7. The number of benzene rings is 2. The summed E-state index contributed by atoms with van der Waals surface area (Å²) in [5.74, 6) is 0.745. The highest BCUT2D eigenvalue weighted by Crippen LogP contribution is 2.34. The van der Waals surface area contributed by atoms with Crippen LogP contribution in [0.15, 0.2) is 41.3 Å². The number of ether oxygens (including phenoxy) is 3. The molecule has 0 spiro atoms. The molecule has 0 bridgehead atoms. The number of halogens is 1. The van der Waals surface area contributed by atoms with Gasteiger partial charge in [-0.2, -0.15) is 0 Å². The Kier molecular flexibility index (Phi) is 5.24. The van der Waals surface area contributed by atoms with E-state index in [-0.39, 0.29) is 28.9 Å². The van der Waals surface area contributed by atoms with Crippen LogP contribution in [0.2, 0.25) is 5.02 Å². The molecule has 1 aliphatic heterocycles. The SMILES string of the molecule is COc1ccc(S(=O)(=O)CCC(=O)Nc2ccc3c(c2)OCO3)cc1Cl. The van der Waals surface area contributed by atoms with Crippen LogP contribution in [0.25, 0.3) is 0 Å². The summed E-state index contributed by atoms with van der Waals surface area (Å²) in [7, 11) is -2.21. The Morgan fingerprint density at radius 3 is 2.69 bits per heavy atom. The van der Waals surface area contributed by atoms with Crippen LogP contribution in [0, 0.1) is 0 Å². The van der Waals surface area contributed by atoms with Gasteiger partial charge in [-0.1, -0.05) is 11.6 Å². The standard InChI is InChI=1S/C17H16ClNO6S/c1-23-14-5-3-12(9-13(14)18)26(21,22)7-6-17(20)19-11-2-4-15-16(8-11)25-10-24-15/h2-5,8-9H,6-7,10H2,1H3,(H,19,20). The van der Waals surface area contributed by atoms with Crippen molar-refractivity contribution in [2.45, 2.75) is 11.3 Å². The summed E-state index contributed by atoms with van der Waals surface area (Å²) >= 11 is 5.96. The fraction of sp³-hybridized carbons (Fsp3) is 0.235. The average molecular weight is 398 g/mol. The Morgan fingerprint density at radius 1 is 1.19 bits per heavy atom. The predicted molar refractivity (Wildman–Crippen MR) is 95.9 cm³/mol. The monoisotopic (exact) mass is 397 g/mol. The van der Waals surface area contributed by atoms with Crippen molar-refractivity contribution in [3.63, 3.8) is 0 Å². The molecule has 1 amide bonds. The summed E-state index contributed by atoms with van der Waals surface area (Å²) in [4.78, 5) is 12.1. The molecule has 1 heterocycles. The lowest BCUT2D eigenvalue weighted by atomic mass is 10.2. The van der Waals surface area contributed by atoms with Crippen LogP contribution in [0.3, 0.4) is 0 Å². The third-order valence-corrected chi connectivity index (χ3v) is 5.75. The highest BCUT2D eigenvalue weighted by molar-refractivity contribution is 7.91. The van der Waals surface area contributed by atoms with Crippen LogP contribution >= 0.6 is 11.6 Å². The van der Waals surface area contributed by atoms with Gasteiger partial charge in [0.2, 0.25) is 12.7 Å². The second-order valence-corrected chi connectivity index (χ2v) is 8.00. The number of hydrogen-bond acceptors (Lipinski definition) is 6. The molecule has 1 N–H and O–H groups in total. The van der Waals surface area contributed by atoms with Crippen molar-refractivity contribution in [2.24, 2.45) is 0 Å². The first-order valence-electron chi connectivity index (χ1n) is 7.65. The van der Waals surface area contributed by atoms with Gasteiger partial charge in [0, 0.05) is 18.2 Å². The number of carbonyl (C=O) groups is 1. The van der Waals surface area contributed by atoms with Gasteiger partial charge in [-0.15, -0.1) is 0 Å². The van der Waals surface area contributed by atoms with Crippen molar-refractivity contribution in [3.8, 4) is 17.2 Å². The van der Waals surface area contributed by atoms with Crippen molar-refractivity contribution >= 4 is 33.0 Å². The lowest BCUT2D eigenvalue weighted by Gasteiger charge is -2.08. The lowest BCUT2D eigenvalue weighted by molar-refractivity contribution is -0.115. The molecule has 0 fully saturated rings. The minimum Gasteiger partial charge on any atom is -0.495 e. The fourth-order valence-electron chi connectivity index (χ4n) is 2.38. The molecule has 26 heavy (non-hydrogen) atoms. The third-order valence-electron chi connectivity index (χ3n) is 3.74. The van der Waals surface area contributed by atoms with Gasteiger partial charge in [0.15, 0.2) is 21.3 Å². The number of fused-ring (bicyclic) bond motifs is 1. The number of methoxy groups -OCH3 is 1. The molecule has 7 nitrogen and oxygen atoms in total. The van der Waals surface area contributed by atoms with Gasteiger partial charge < -0.3 is 19.5 Å². The number of rotatable bonds is 6. The van der Waals surface area contributed by atoms with E-state index >= 15 is 0 Å². The Balaban J connectivity index is 1.62. The molecule has 9 heteroatoms. The minimum absolute atomic E-state index is 0.0409. The number of anilines is 1. The summed E-state index contributed by atoms with van der Waals surface area (Å²) < 4.78 is 40.2.